The zero-order valence-electron chi connectivity index (χ0n) is 13.4. The van der Waals surface area contributed by atoms with Gasteiger partial charge in [-0.3, -0.25) is 0 Å². The van der Waals surface area contributed by atoms with Gasteiger partial charge in [0.2, 0.25) is 0 Å². The smallest absolute Gasteiger partial charge is 0.340 e. The predicted octanol–water partition coefficient (Wildman–Crippen LogP) is 3.97. The monoisotopic (exact) mass is 350 g/mol. The van der Waals surface area contributed by atoms with Gasteiger partial charge < -0.3 is 20.1 Å². The molecule has 1 aromatic heterocycles. The summed E-state index contributed by atoms with van der Waals surface area (Å²) in [6, 6.07) is 7.54. The molecule has 5 nitrogen and oxygen atoms in total. The van der Waals surface area contributed by atoms with E-state index in [9.17, 15) is 4.79 Å². The largest absolute Gasteiger partial charge is 0.495 e. The van der Waals surface area contributed by atoms with Crippen LogP contribution in [-0.4, -0.2) is 25.3 Å². The number of rotatable bonds is 4. The summed E-state index contributed by atoms with van der Waals surface area (Å²) in [7, 11) is 2.96. The fourth-order valence-corrected chi connectivity index (χ4v) is 3.23. The van der Waals surface area contributed by atoms with E-state index >= 15 is 0 Å². The van der Waals surface area contributed by atoms with Gasteiger partial charge in [0.05, 0.1) is 25.5 Å². The molecule has 2 rings (SSSR count). The second kappa shape index (κ2) is 7.43. The van der Waals surface area contributed by atoms with Crippen LogP contribution in [0.4, 0.5) is 10.7 Å². The molecule has 0 spiro atoms. The molecule has 0 bridgehead atoms. The van der Waals surface area contributed by atoms with E-state index in [2.05, 4.69) is 10.6 Å². The van der Waals surface area contributed by atoms with Crippen molar-refractivity contribution in [3.05, 3.63) is 40.3 Å². The summed E-state index contributed by atoms with van der Waals surface area (Å²) in [4.78, 5) is 12.8. The number of hydrogen-bond acceptors (Lipinski definition) is 5. The third kappa shape index (κ3) is 4.20. The standard InChI is InChI=1S/C16H18N2O3S2/c1-9-5-6-13(20-3)12(7-9)17-16(22)18-14-11(15(19)21-4)8-10(2)23-14/h5-8H,1-4H3,(H2,17,18,22). The van der Waals surface area contributed by atoms with E-state index in [4.69, 9.17) is 21.7 Å². The highest BCUT2D eigenvalue weighted by Gasteiger charge is 2.16. The number of thiophene rings is 1. The van der Waals surface area contributed by atoms with Crippen LogP contribution in [0.25, 0.3) is 0 Å². The number of ether oxygens (including phenoxy) is 2. The Labute approximate surface area is 144 Å². The predicted molar refractivity (Wildman–Crippen MR) is 98.0 cm³/mol. The normalized spacial score (nSPS) is 10.1. The average molecular weight is 350 g/mol. The Morgan fingerprint density at radius 3 is 2.57 bits per heavy atom. The lowest BCUT2D eigenvalue weighted by Crippen LogP contribution is -2.20. The topological polar surface area (TPSA) is 59.6 Å². The molecule has 0 amide bonds. The number of aryl methyl sites for hydroxylation is 2. The Bertz CT molecular complexity index is 741. The third-order valence-electron chi connectivity index (χ3n) is 3.09. The van der Waals surface area contributed by atoms with Gasteiger partial charge >= 0.3 is 5.97 Å². The minimum Gasteiger partial charge on any atom is -0.495 e. The van der Waals surface area contributed by atoms with Crippen molar-refractivity contribution in [3.8, 4) is 5.75 Å². The summed E-state index contributed by atoms with van der Waals surface area (Å²) in [5.41, 5.74) is 2.31. The van der Waals surface area contributed by atoms with Crippen molar-refractivity contribution in [2.45, 2.75) is 13.8 Å². The number of thiocarbonyl (C=S) groups is 1. The molecule has 122 valence electrons. The summed E-state index contributed by atoms with van der Waals surface area (Å²) < 4.78 is 10.1. The lowest BCUT2D eigenvalue weighted by atomic mass is 10.2. The van der Waals surface area contributed by atoms with Crippen LogP contribution in [0.1, 0.15) is 20.8 Å². The van der Waals surface area contributed by atoms with Crippen LogP contribution in [0.5, 0.6) is 5.75 Å². The highest BCUT2D eigenvalue weighted by atomic mass is 32.1. The highest BCUT2D eigenvalue weighted by Crippen LogP contribution is 2.29. The number of carbonyl (C=O) groups excluding carboxylic acids is 1. The number of esters is 1. The van der Waals surface area contributed by atoms with Crippen LogP contribution in [0.15, 0.2) is 24.3 Å². The maximum Gasteiger partial charge on any atom is 0.340 e. The third-order valence-corrected chi connectivity index (χ3v) is 4.26. The van der Waals surface area contributed by atoms with E-state index in [1.807, 2.05) is 32.0 Å². The molecule has 0 aliphatic rings. The van der Waals surface area contributed by atoms with E-state index in [1.165, 1.54) is 18.4 Å². The molecule has 0 radical (unpaired) electrons. The molecule has 0 fully saturated rings. The second-order valence-corrected chi connectivity index (χ2v) is 6.54. The molecule has 1 heterocycles. The SMILES string of the molecule is COC(=O)c1cc(C)sc1NC(=S)Nc1cc(C)ccc1OC. The minimum atomic E-state index is -0.396. The van der Waals surface area contributed by atoms with Crippen LogP contribution in [-0.2, 0) is 4.74 Å². The summed E-state index contributed by atoms with van der Waals surface area (Å²) in [6.07, 6.45) is 0. The molecule has 0 unspecified atom stereocenters. The van der Waals surface area contributed by atoms with Crippen LogP contribution in [0.3, 0.4) is 0 Å². The van der Waals surface area contributed by atoms with Gasteiger partial charge in [0.25, 0.3) is 0 Å². The summed E-state index contributed by atoms with van der Waals surface area (Å²) in [5.74, 6) is 0.295. The molecule has 0 aliphatic carbocycles. The van der Waals surface area contributed by atoms with Crippen LogP contribution < -0.4 is 15.4 Å². The zero-order valence-corrected chi connectivity index (χ0v) is 15.0. The summed E-state index contributed by atoms with van der Waals surface area (Å²) in [6.45, 7) is 3.90. The number of benzene rings is 1. The quantitative estimate of drug-likeness (QED) is 0.643. The Hall–Kier alpha value is -2.12. The maximum atomic E-state index is 11.8. The van der Waals surface area contributed by atoms with Crippen LogP contribution >= 0.6 is 23.6 Å². The Balaban J connectivity index is 2.18. The lowest BCUT2D eigenvalue weighted by molar-refractivity contribution is 0.0602. The van der Waals surface area contributed by atoms with Gasteiger partial charge in [-0.05, 0) is 49.8 Å². The molecule has 23 heavy (non-hydrogen) atoms. The van der Waals surface area contributed by atoms with Crippen molar-refractivity contribution in [1.82, 2.24) is 0 Å². The molecular formula is C16H18N2O3S2. The summed E-state index contributed by atoms with van der Waals surface area (Å²) in [5, 5.41) is 7.17. The first kappa shape index (κ1) is 17.2. The van der Waals surface area contributed by atoms with Gasteiger partial charge in [0.1, 0.15) is 10.8 Å². The van der Waals surface area contributed by atoms with E-state index in [-0.39, 0.29) is 0 Å². The molecule has 2 aromatic rings. The molecular weight excluding hydrogens is 332 g/mol. The van der Waals surface area contributed by atoms with Crippen molar-refractivity contribution >= 4 is 45.3 Å². The molecule has 7 heteroatoms. The number of anilines is 2. The van der Waals surface area contributed by atoms with Crippen molar-refractivity contribution in [2.24, 2.45) is 0 Å². The van der Waals surface area contributed by atoms with E-state index in [0.29, 0.717) is 21.4 Å². The van der Waals surface area contributed by atoms with Gasteiger partial charge in [0.15, 0.2) is 5.11 Å². The average Bonchev–Trinajstić information content (AvgIpc) is 2.87. The van der Waals surface area contributed by atoms with Crippen LogP contribution in [0, 0.1) is 13.8 Å². The molecule has 0 aliphatic heterocycles. The highest BCUT2D eigenvalue weighted by molar-refractivity contribution is 7.80. The lowest BCUT2D eigenvalue weighted by Gasteiger charge is -2.14. The Morgan fingerprint density at radius 1 is 1.17 bits per heavy atom. The molecule has 0 saturated heterocycles. The Morgan fingerprint density at radius 2 is 1.91 bits per heavy atom. The van der Waals surface area contributed by atoms with E-state index in [1.54, 1.807) is 13.2 Å². The van der Waals surface area contributed by atoms with Gasteiger partial charge in [-0.2, -0.15) is 0 Å². The minimum absolute atomic E-state index is 0.376. The number of nitrogens with one attached hydrogen (secondary N) is 2. The molecule has 0 atom stereocenters. The van der Waals surface area contributed by atoms with Crippen molar-refractivity contribution in [1.29, 1.82) is 0 Å². The van der Waals surface area contributed by atoms with E-state index in [0.717, 1.165) is 16.1 Å². The number of methoxy groups -OCH3 is 2. The first-order valence-corrected chi connectivity index (χ1v) is 8.08. The van der Waals surface area contributed by atoms with Gasteiger partial charge in [-0.15, -0.1) is 11.3 Å². The number of carbonyl (C=O) groups is 1. The van der Waals surface area contributed by atoms with Gasteiger partial charge in [-0.25, -0.2) is 4.79 Å². The second-order valence-electron chi connectivity index (χ2n) is 4.87. The van der Waals surface area contributed by atoms with Crippen molar-refractivity contribution < 1.29 is 14.3 Å². The summed E-state index contributed by atoms with van der Waals surface area (Å²) >= 11 is 6.78. The fourth-order valence-electron chi connectivity index (χ4n) is 2.04. The van der Waals surface area contributed by atoms with E-state index < -0.39 is 5.97 Å². The zero-order chi connectivity index (χ0) is 17.0. The Kier molecular flexibility index (Phi) is 5.57. The molecule has 1 aromatic carbocycles. The van der Waals surface area contributed by atoms with Crippen LogP contribution in [0.2, 0.25) is 0 Å². The number of hydrogen-bond donors (Lipinski definition) is 2. The molecule has 2 N–H and O–H groups in total. The van der Waals surface area contributed by atoms with Gasteiger partial charge in [-0.1, -0.05) is 6.07 Å². The van der Waals surface area contributed by atoms with Crippen molar-refractivity contribution in [2.75, 3.05) is 24.9 Å². The maximum absolute atomic E-state index is 11.8. The first-order valence-electron chi connectivity index (χ1n) is 6.86. The first-order chi connectivity index (χ1) is 10.9. The van der Waals surface area contributed by atoms with Crippen molar-refractivity contribution in [3.63, 3.8) is 0 Å². The molecule has 0 saturated carbocycles. The van der Waals surface area contributed by atoms with Gasteiger partial charge in [0, 0.05) is 4.88 Å². The fraction of sp³-hybridized carbons (Fsp3) is 0.250.